The van der Waals surface area contributed by atoms with Crippen LogP contribution >= 0.6 is 0 Å². The molecular weight excluding hydrogens is 233 g/mol. The van der Waals surface area contributed by atoms with Crippen LogP contribution in [0.4, 0.5) is 13.2 Å². The number of nitrogens with one attached hydrogen (secondary N) is 1. The van der Waals surface area contributed by atoms with E-state index in [-0.39, 0.29) is 5.56 Å². The number of hydrazine groups is 1. The van der Waals surface area contributed by atoms with Crippen LogP contribution in [0.3, 0.4) is 0 Å². The molecule has 96 valence electrons. The molecule has 0 fully saturated rings. The summed E-state index contributed by atoms with van der Waals surface area (Å²) in [6, 6.07) is 1.43. The molecule has 0 aliphatic carbocycles. The third-order valence-corrected chi connectivity index (χ3v) is 2.40. The Morgan fingerprint density at radius 1 is 1.29 bits per heavy atom. The van der Waals surface area contributed by atoms with E-state index in [9.17, 15) is 13.2 Å². The van der Waals surface area contributed by atoms with Gasteiger partial charge in [0, 0.05) is 18.8 Å². The number of hydrogen-bond donors (Lipinski definition) is 2. The number of ether oxygens (including phenoxy) is 1. The van der Waals surface area contributed by atoms with E-state index in [1.807, 2.05) is 6.92 Å². The van der Waals surface area contributed by atoms with Crippen molar-refractivity contribution in [1.29, 1.82) is 0 Å². The maximum Gasteiger partial charge on any atom is 0.194 e. The van der Waals surface area contributed by atoms with Gasteiger partial charge >= 0.3 is 0 Å². The van der Waals surface area contributed by atoms with E-state index in [1.54, 1.807) is 0 Å². The summed E-state index contributed by atoms with van der Waals surface area (Å²) in [6.07, 6.45) is 0.367. The van der Waals surface area contributed by atoms with E-state index < -0.39 is 23.5 Å². The quantitative estimate of drug-likeness (QED) is 0.350. The fourth-order valence-electron chi connectivity index (χ4n) is 1.48. The fraction of sp³-hybridized carbons (Fsp3) is 0.455. The molecular formula is C11H15F3N2O. The van der Waals surface area contributed by atoms with E-state index >= 15 is 0 Å². The second kappa shape index (κ2) is 6.58. The molecule has 1 rings (SSSR count). The van der Waals surface area contributed by atoms with Gasteiger partial charge in [0.1, 0.15) is 0 Å². The first-order valence-electron chi connectivity index (χ1n) is 5.29. The van der Waals surface area contributed by atoms with Crippen LogP contribution in [-0.2, 0) is 4.74 Å². The predicted molar refractivity (Wildman–Crippen MR) is 57.5 cm³/mol. The Labute approximate surface area is 97.7 Å². The van der Waals surface area contributed by atoms with Crippen molar-refractivity contribution >= 4 is 0 Å². The highest BCUT2D eigenvalue weighted by Crippen LogP contribution is 2.23. The summed E-state index contributed by atoms with van der Waals surface area (Å²) >= 11 is 0. The van der Waals surface area contributed by atoms with E-state index in [4.69, 9.17) is 10.6 Å². The van der Waals surface area contributed by atoms with Crippen LogP contribution in [0, 0.1) is 17.5 Å². The van der Waals surface area contributed by atoms with Gasteiger partial charge in [-0.3, -0.25) is 11.3 Å². The van der Waals surface area contributed by atoms with Gasteiger partial charge in [-0.05, 0) is 19.4 Å². The average molecular weight is 248 g/mol. The molecule has 3 nitrogen and oxygen atoms in total. The molecule has 3 N–H and O–H groups in total. The van der Waals surface area contributed by atoms with Crippen molar-refractivity contribution in [2.45, 2.75) is 19.4 Å². The lowest BCUT2D eigenvalue weighted by Crippen LogP contribution is -2.30. The van der Waals surface area contributed by atoms with Crippen molar-refractivity contribution in [3.8, 4) is 0 Å². The van der Waals surface area contributed by atoms with E-state index in [2.05, 4.69) is 5.43 Å². The van der Waals surface area contributed by atoms with Crippen molar-refractivity contribution in [3.63, 3.8) is 0 Å². The second-order valence-corrected chi connectivity index (χ2v) is 3.47. The van der Waals surface area contributed by atoms with Gasteiger partial charge in [-0.2, -0.15) is 0 Å². The minimum Gasteiger partial charge on any atom is -0.382 e. The minimum absolute atomic E-state index is 0.00824. The molecule has 0 aliphatic rings. The van der Waals surface area contributed by atoms with Crippen LogP contribution in [0.1, 0.15) is 24.9 Å². The number of rotatable bonds is 6. The Hall–Kier alpha value is -1.11. The number of hydrogen-bond acceptors (Lipinski definition) is 3. The molecule has 0 aromatic heterocycles. The van der Waals surface area contributed by atoms with Crippen molar-refractivity contribution in [2.75, 3.05) is 13.2 Å². The zero-order valence-electron chi connectivity index (χ0n) is 9.47. The van der Waals surface area contributed by atoms with Crippen LogP contribution < -0.4 is 11.3 Å². The Kier molecular flexibility index (Phi) is 5.40. The lowest BCUT2D eigenvalue weighted by Gasteiger charge is -2.17. The largest absolute Gasteiger partial charge is 0.382 e. The van der Waals surface area contributed by atoms with Gasteiger partial charge in [0.25, 0.3) is 0 Å². The van der Waals surface area contributed by atoms with Crippen molar-refractivity contribution in [1.82, 2.24) is 5.43 Å². The molecule has 17 heavy (non-hydrogen) atoms. The van der Waals surface area contributed by atoms with Crippen LogP contribution in [0.2, 0.25) is 0 Å². The lowest BCUT2D eigenvalue weighted by molar-refractivity contribution is 0.136. The summed E-state index contributed by atoms with van der Waals surface area (Å²) < 4.78 is 44.3. The molecule has 1 aromatic carbocycles. The maximum atomic E-state index is 13.5. The van der Waals surface area contributed by atoms with Crippen LogP contribution in [0.15, 0.2) is 12.1 Å². The molecule has 1 aromatic rings. The normalized spacial score (nSPS) is 12.8. The van der Waals surface area contributed by atoms with Gasteiger partial charge in [0.2, 0.25) is 0 Å². The van der Waals surface area contributed by atoms with Gasteiger partial charge in [-0.25, -0.2) is 13.2 Å². The molecule has 0 amide bonds. The standard InChI is InChI=1S/C11H15F3N2O/c1-2-17-6-5-9(16-15)7-3-4-8(12)11(14)10(7)13/h3-4,9,16H,2,5-6,15H2,1H3. The Morgan fingerprint density at radius 3 is 2.59 bits per heavy atom. The zero-order chi connectivity index (χ0) is 12.8. The molecule has 0 saturated carbocycles. The SMILES string of the molecule is CCOCCC(NN)c1ccc(F)c(F)c1F. The summed E-state index contributed by atoms with van der Waals surface area (Å²) in [5.41, 5.74) is 2.35. The summed E-state index contributed by atoms with van der Waals surface area (Å²) in [5, 5.41) is 0. The predicted octanol–water partition coefficient (Wildman–Crippen LogP) is 2.03. The summed E-state index contributed by atoms with van der Waals surface area (Å²) in [5.74, 6) is 1.33. The van der Waals surface area contributed by atoms with Crippen LogP contribution in [0.5, 0.6) is 0 Å². The zero-order valence-corrected chi connectivity index (χ0v) is 9.47. The molecule has 0 heterocycles. The lowest BCUT2D eigenvalue weighted by atomic mass is 10.0. The summed E-state index contributed by atoms with van der Waals surface area (Å²) in [6.45, 7) is 2.70. The summed E-state index contributed by atoms with van der Waals surface area (Å²) in [7, 11) is 0. The van der Waals surface area contributed by atoms with Gasteiger partial charge in [0.05, 0.1) is 6.04 Å². The Morgan fingerprint density at radius 2 is 2.00 bits per heavy atom. The summed E-state index contributed by atoms with van der Waals surface area (Å²) in [4.78, 5) is 0. The van der Waals surface area contributed by atoms with Gasteiger partial charge < -0.3 is 4.74 Å². The second-order valence-electron chi connectivity index (χ2n) is 3.47. The molecule has 0 spiro atoms. The number of nitrogens with two attached hydrogens (primary N) is 1. The number of halogens is 3. The molecule has 0 saturated heterocycles. The first kappa shape index (κ1) is 14.0. The maximum absolute atomic E-state index is 13.5. The monoisotopic (exact) mass is 248 g/mol. The molecule has 0 bridgehead atoms. The first-order chi connectivity index (χ1) is 8.11. The third-order valence-electron chi connectivity index (χ3n) is 2.40. The highest BCUT2D eigenvalue weighted by Gasteiger charge is 2.19. The van der Waals surface area contributed by atoms with Crippen LogP contribution in [0.25, 0.3) is 0 Å². The molecule has 0 radical (unpaired) electrons. The molecule has 0 aliphatic heterocycles. The van der Waals surface area contributed by atoms with E-state index in [1.165, 1.54) is 6.07 Å². The topological polar surface area (TPSA) is 47.3 Å². The highest BCUT2D eigenvalue weighted by atomic mass is 19.2. The van der Waals surface area contributed by atoms with Crippen molar-refractivity contribution in [3.05, 3.63) is 35.1 Å². The van der Waals surface area contributed by atoms with Gasteiger partial charge in [-0.15, -0.1) is 0 Å². The van der Waals surface area contributed by atoms with Crippen molar-refractivity contribution < 1.29 is 17.9 Å². The average Bonchev–Trinajstić information content (AvgIpc) is 2.33. The molecule has 6 heteroatoms. The van der Waals surface area contributed by atoms with Gasteiger partial charge in [-0.1, -0.05) is 6.07 Å². The fourth-order valence-corrected chi connectivity index (χ4v) is 1.48. The van der Waals surface area contributed by atoms with E-state index in [0.717, 1.165) is 6.07 Å². The minimum atomic E-state index is -1.49. The molecule has 1 atom stereocenters. The smallest absolute Gasteiger partial charge is 0.194 e. The first-order valence-corrected chi connectivity index (χ1v) is 5.29. The van der Waals surface area contributed by atoms with Gasteiger partial charge in [0.15, 0.2) is 17.5 Å². The third kappa shape index (κ3) is 3.42. The van der Waals surface area contributed by atoms with Crippen LogP contribution in [-0.4, -0.2) is 13.2 Å². The Bertz CT molecular complexity index is 374. The highest BCUT2D eigenvalue weighted by molar-refractivity contribution is 5.23. The number of benzene rings is 1. The molecule has 1 unspecified atom stereocenters. The Balaban J connectivity index is 2.85. The van der Waals surface area contributed by atoms with E-state index in [0.29, 0.717) is 19.6 Å². The van der Waals surface area contributed by atoms with Crippen molar-refractivity contribution in [2.24, 2.45) is 5.84 Å².